The van der Waals surface area contributed by atoms with E-state index in [2.05, 4.69) is 30.8 Å². The summed E-state index contributed by atoms with van der Waals surface area (Å²) in [5, 5.41) is 2.99. The smallest absolute Gasteiger partial charge is 0.261 e. The molecule has 3 aromatic heterocycles. The first-order valence-corrected chi connectivity index (χ1v) is 9.99. The maximum absolute atomic E-state index is 12.5. The number of rotatable bonds is 6. The number of likely N-dealkylation sites (tertiary alicyclic amines) is 1. The quantitative estimate of drug-likeness (QED) is 0.712. The molecular weight excluding hydrogens is 358 g/mol. The molecule has 1 aliphatic heterocycles. The SMILES string of the molecule is Cn1ccnc1CN1CCCC1c1ccc(C(=O)NCc2ccncc2)s1. The van der Waals surface area contributed by atoms with Gasteiger partial charge in [-0.3, -0.25) is 14.7 Å². The molecule has 140 valence electrons. The molecule has 4 rings (SSSR count). The van der Waals surface area contributed by atoms with E-state index < -0.39 is 0 Å². The van der Waals surface area contributed by atoms with E-state index in [1.165, 1.54) is 11.3 Å². The predicted octanol–water partition coefficient (Wildman–Crippen LogP) is 3.14. The van der Waals surface area contributed by atoms with E-state index in [1.807, 2.05) is 37.6 Å². The van der Waals surface area contributed by atoms with Gasteiger partial charge in [0.15, 0.2) is 0 Å². The zero-order valence-electron chi connectivity index (χ0n) is 15.3. The molecule has 0 bridgehead atoms. The lowest BCUT2D eigenvalue weighted by Crippen LogP contribution is -2.24. The maximum atomic E-state index is 12.5. The van der Waals surface area contributed by atoms with E-state index in [1.54, 1.807) is 23.7 Å². The number of carbonyl (C=O) groups is 1. The molecular formula is C20H23N5OS. The van der Waals surface area contributed by atoms with Crippen LogP contribution >= 0.6 is 11.3 Å². The first kappa shape index (κ1) is 17.9. The molecule has 1 N–H and O–H groups in total. The van der Waals surface area contributed by atoms with Gasteiger partial charge in [-0.2, -0.15) is 0 Å². The predicted molar refractivity (Wildman–Crippen MR) is 105 cm³/mol. The zero-order chi connectivity index (χ0) is 18.6. The Morgan fingerprint density at radius 3 is 2.89 bits per heavy atom. The maximum Gasteiger partial charge on any atom is 0.261 e. The number of thiophene rings is 1. The van der Waals surface area contributed by atoms with Crippen molar-refractivity contribution in [1.29, 1.82) is 0 Å². The van der Waals surface area contributed by atoms with Gasteiger partial charge in [0, 0.05) is 49.3 Å². The van der Waals surface area contributed by atoms with Crippen LogP contribution in [0.4, 0.5) is 0 Å². The molecule has 1 fully saturated rings. The normalized spacial score (nSPS) is 17.3. The Balaban J connectivity index is 1.40. The Bertz CT molecular complexity index is 904. The van der Waals surface area contributed by atoms with E-state index >= 15 is 0 Å². The number of aromatic nitrogens is 3. The average Bonchev–Trinajstić information content (AvgIpc) is 3.42. The number of hydrogen-bond acceptors (Lipinski definition) is 5. The zero-order valence-corrected chi connectivity index (χ0v) is 16.2. The van der Waals surface area contributed by atoms with Crippen molar-refractivity contribution in [2.24, 2.45) is 7.05 Å². The first-order chi connectivity index (χ1) is 13.2. The molecule has 0 aliphatic carbocycles. The average molecular weight is 382 g/mol. The van der Waals surface area contributed by atoms with Crippen molar-refractivity contribution in [1.82, 2.24) is 24.8 Å². The van der Waals surface area contributed by atoms with Gasteiger partial charge in [-0.25, -0.2) is 4.98 Å². The number of pyridine rings is 1. The van der Waals surface area contributed by atoms with E-state index in [9.17, 15) is 4.79 Å². The molecule has 0 saturated carbocycles. The molecule has 1 saturated heterocycles. The molecule has 1 atom stereocenters. The van der Waals surface area contributed by atoms with Crippen molar-refractivity contribution in [2.75, 3.05) is 6.54 Å². The van der Waals surface area contributed by atoms with Crippen molar-refractivity contribution < 1.29 is 4.79 Å². The van der Waals surface area contributed by atoms with Crippen molar-refractivity contribution in [3.8, 4) is 0 Å². The van der Waals surface area contributed by atoms with Gasteiger partial charge in [0.05, 0.1) is 11.4 Å². The van der Waals surface area contributed by atoms with Crippen LogP contribution in [0.1, 0.15) is 44.8 Å². The monoisotopic (exact) mass is 381 g/mol. The van der Waals surface area contributed by atoms with Gasteiger partial charge in [-0.15, -0.1) is 11.3 Å². The van der Waals surface area contributed by atoms with Crippen LogP contribution in [-0.2, 0) is 20.1 Å². The van der Waals surface area contributed by atoms with E-state index in [-0.39, 0.29) is 5.91 Å². The Kier molecular flexibility index (Phi) is 5.31. The van der Waals surface area contributed by atoms with Gasteiger partial charge in [-0.05, 0) is 49.2 Å². The number of amides is 1. The summed E-state index contributed by atoms with van der Waals surface area (Å²) in [6.45, 7) is 2.43. The highest BCUT2D eigenvalue weighted by Gasteiger charge is 2.28. The van der Waals surface area contributed by atoms with Gasteiger partial charge in [-0.1, -0.05) is 0 Å². The van der Waals surface area contributed by atoms with E-state index in [0.717, 1.165) is 35.8 Å². The van der Waals surface area contributed by atoms with Gasteiger partial charge in [0.25, 0.3) is 5.91 Å². The second-order valence-corrected chi connectivity index (χ2v) is 7.94. The lowest BCUT2D eigenvalue weighted by atomic mass is 10.2. The summed E-state index contributed by atoms with van der Waals surface area (Å²) in [4.78, 5) is 25.4. The largest absolute Gasteiger partial charge is 0.347 e. The third-order valence-corrected chi connectivity index (χ3v) is 6.20. The summed E-state index contributed by atoms with van der Waals surface area (Å²) in [6, 6.07) is 8.24. The van der Waals surface area contributed by atoms with Crippen LogP contribution in [0.3, 0.4) is 0 Å². The summed E-state index contributed by atoms with van der Waals surface area (Å²) in [5.41, 5.74) is 1.05. The fourth-order valence-electron chi connectivity index (χ4n) is 3.49. The number of hydrogen-bond donors (Lipinski definition) is 1. The van der Waals surface area contributed by atoms with Crippen molar-refractivity contribution in [3.63, 3.8) is 0 Å². The second kappa shape index (κ2) is 8.02. The molecule has 1 amide bonds. The minimum absolute atomic E-state index is 0.0169. The molecule has 27 heavy (non-hydrogen) atoms. The Labute approximate surface area is 162 Å². The van der Waals surface area contributed by atoms with Crippen LogP contribution in [-0.4, -0.2) is 31.9 Å². The topological polar surface area (TPSA) is 63.1 Å². The summed E-state index contributed by atoms with van der Waals surface area (Å²) in [7, 11) is 2.03. The minimum Gasteiger partial charge on any atom is -0.347 e. The highest BCUT2D eigenvalue weighted by Crippen LogP contribution is 2.36. The summed E-state index contributed by atoms with van der Waals surface area (Å²) >= 11 is 1.60. The molecule has 3 aromatic rings. The molecule has 0 radical (unpaired) electrons. The summed E-state index contributed by atoms with van der Waals surface area (Å²) in [6.07, 6.45) is 9.61. The summed E-state index contributed by atoms with van der Waals surface area (Å²) in [5.74, 6) is 1.06. The van der Waals surface area contributed by atoms with Gasteiger partial charge in [0.1, 0.15) is 5.82 Å². The van der Waals surface area contributed by atoms with Gasteiger partial charge >= 0.3 is 0 Å². The van der Waals surface area contributed by atoms with E-state index in [4.69, 9.17) is 0 Å². The first-order valence-electron chi connectivity index (χ1n) is 9.18. The van der Waals surface area contributed by atoms with Crippen LogP contribution in [0.25, 0.3) is 0 Å². The number of aryl methyl sites for hydroxylation is 1. The lowest BCUT2D eigenvalue weighted by molar-refractivity contribution is 0.0955. The lowest BCUT2D eigenvalue weighted by Gasteiger charge is -2.23. The Morgan fingerprint density at radius 1 is 1.26 bits per heavy atom. The molecule has 0 aromatic carbocycles. The fraction of sp³-hybridized carbons (Fsp3) is 0.350. The Morgan fingerprint density at radius 2 is 2.11 bits per heavy atom. The van der Waals surface area contributed by atoms with Crippen LogP contribution in [0, 0.1) is 0 Å². The molecule has 6 nitrogen and oxygen atoms in total. The number of nitrogens with zero attached hydrogens (tertiary/aromatic N) is 4. The third-order valence-electron chi connectivity index (χ3n) is 5.01. The van der Waals surface area contributed by atoms with Crippen LogP contribution in [0.2, 0.25) is 0 Å². The second-order valence-electron chi connectivity index (χ2n) is 6.82. The summed E-state index contributed by atoms with van der Waals surface area (Å²) < 4.78 is 2.07. The molecule has 1 unspecified atom stereocenters. The fourth-order valence-corrected chi connectivity index (χ4v) is 4.59. The third kappa shape index (κ3) is 4.09. The van der Waals surface area contributed by atoms with Crippen LogP contribution in [0.15, 0.2) is 49.1 Å². The van der Waals surface area contributed by atoms with Gasteiger partial charge < -0.3 is 9.88 Å². The van der Waals surface area contributed by atoms with Crippen LogP contribution in [0.5, 0.6) is 0 Å². The minimum atomic E-state index is -0.0169. The van der Waals surface area contributed by atoms with Crippen molar-refractivity contribution >= 4 is 17.2 Å². The number of carbonyl (C=O) groups excluding carboxylic acids is 1. The number of nitrogens with one attached hydrogen (secondary N) is 1. The highest BCUT2D eigenvalue weighted by atomic mass is 32.1. The molecule has 1 aliphatic rings. The van der Waals surface area contributed by atoms with Crippen LogP contribution < -0.4 is 5.32 Å². The van der Waals surface area contributed by atoms with Crippen molar-refractivity contribution in [2.45, 2.75) is 32.0 Å². The van der Waals surface area contributed by atoms with E-state index in [0.29, 0.717) is 12.6 Å². The highest BCUT2D eigenvalue weighted by molar-refractivity contribution is 7.14. The molecule has 4 heterocycles. The molecule has 0 spiro atoms. The number of imidazole rings is 1. The molecule has 7 heteroatoms. The van der Waals surface area contributed by atoms with Crippen molar-refractivity contribution in [3.05, 3.63) is 70.2 Å². The Hall–Kier alpha value is -2.51. The van der Waals surface area contributed by atoms with Gasteiger partial charge in [0.2, 0.25) is 0 Å². The standard InChI is InChI=1S/C20H23N5OS/c1-24-12-10-22-19(24)14-25-11-2-3-16(25)17-4-5-18(27-17)20(26)23-13-15-6-8-21-9-7-15/h4-10,12,16H,2-3,11,13-14H2,1H3,(H,23,26).